The van der Waals surface area contributed by atoms with Gasteiger partial charge in [-0.25, -0.2) is 8.42 Å². The van der Waals surface area contributed by atoms with Gasteiger partial charge in [0.15, 0.2) is 5.76 Å². The van der Waals surface area contributed by atoms with Crippen LogP contribution in [0.2, 0.25) is 0 Å². The molecule has 0 bridgehead atoms. The van der Waals surface area contributed by atoms with Crippen molar-refractivity contribution >= 4 is 32.4 Å². The van der Waals surface area contributed by atoms with Gasteiger partial charge in [0, 0.05) is 18.8 Å². The van der Waals surface area contributed by atoms with Crippen LogP contribution in [0.5, 0.6) is 5.75 Å². The van der Waals surface area contributed by atoms with Gasteiger partial charge in [-0.2, -0.15) is 4.31 Å². The highest BCUT2D eigenvalue weighted by atomic mass is 32.2. The highest BCUT2D eigenvalue weighted by molar-refractivity contribution is 7.89. The lowest BCUT2D eigenvalue weighted by Crippen LogP contribution is -2.27. The molecule has 0 aliphatic carbocycles. The normalized spacial score (nSPS) is 14.4. The SMILES string of the molecule is O=C(Nc1ccc(S(=O)(=O)N2CCCC2)cc1)c1ccc(COc2ccc3ccccc3c2)o1. The standard InChI is InChI=1S/C26H24N2O5S/c29-26(27-21-8-12-24(13-9-21)34(30,31)28-15-3-4-16-28)25-14-11-23(33-25)18-32-22-10-7-19-5-1-2-6-20(19)17-22/h1-2,5-14,17H,3-4,15-16,18H2,(H,27,29). The number of nitrogens with zero attached hydrogens (tertiary/aromatic N) is 1. The molecule has 0 radical (unpaired) electrons. The molecule has 0 saturated carbocycles. The lowest BCUT2D eigenvalue weighted by Gasteiger charge is -2.15. The first-order valence-electron chi connectivity index (χ1n) is 11.1. The summed E-state index contributed by atoms with van der Waals surface area (Å²) in [7, 11) is -3.49. The third-order valence-electron chi connectivity index (χ3n) is 5.80. The third-order valence-corrected chi connectivity index (χ3v) is 7.72. The lowest BCUT2D eigenvalue weighted by atomic mass is 10.1. The quantitative estimate of drug-likeness (QED) is 0.403. The van der Waals surface area contributed by atoms with Crippen LogP contribution >= 0.6 is 0 Å². The number of anilines is 1. The number of ether oxygens (including phenoxy) is 1. The van der Waals surface area contributed by atoms with Crippen LogP contribution < -0.4 is 10.1 Å². The van der Waals surface area contributed by atoms with Crippen molar-refractivity contribution in [3.63, 3.8) is 0 Å². The highest BCUT2D eigenvalue weighted by Gasteiger charge is 2.27. The van der Waals surface area contributed by atoms with Crippen molar-refractivity contribution in [2.24, 2.45) is 0 Å². The molecule has 1 aromatic heterocycles. The molecule has 1 aliphatic heterocycles. The highest BCUT2D eigenvalue weighted by Crippen LogP contribution is 2.24. The minimum absolute atomic E-state index is 0.144. The van der Waals surface area contributed by atoms with Crippen molar-refractivity contribution in [2.45, 2.75) is 24.3 Å². The number of hydrogen-bond acceptors (Lipinski definition) is 5. The average Bonchev–Trinajstić information content (AvgIpc) is 3.56. The molecule has 7 nitrogen and oxygen atoms in total. The Bertz CT molecular complexity index is 1420. The Kier molecular flexibility index (Phi) is 6.08. The van der Waals surface area contributed by atoms with Gasteiger partial charge in [0.25, 0.3) is 5.91 Å². The van der Waals surface area contributed by atoms with Crippen LogP contribution in [-0.4, -0.2) is 31.7 Å². The van der Waals surface area contributed by atoms with Gasteiger partial charge < -0.3 is 14.5 Å². The summed E-state index contributed by atoms with van der Waals surface area (Å²) in [5, 5.41) is 4.95. The van der Waals surface area contributed by atoms with E-state index in [2.05, 4.69) is 5.32 Å². The molecule has 1 N–H and O–H groups in total. The fourth-order valence-electron chi connectivity index (χ4n) is 3.97. The molecule has 3 aromatic carbocycles. The molecule has 4 aromatic rings. The number of benzene rings is 3. The van der Waals surface area contributed by atoms with Crippen LogP contribution in [0.4, 0.5) is 5.69 Å². The third kappa shape index (κ3) is 4.69. The molecule has 34 heavy (non-hydrogen) atoms. The number of furan rings is 1. The van der Waals surface area contributed by atoms with E-state index in [0.29, 0.717) is 30.3 Å². The van der Waals surface area contributed by atoms with E-state index in [1.54, 1.807) is 24.3 Å². The van der Waals surface area contributed by atoms with Gasteiger partial charge in [-0.1, -0.05) is 30.3 Å². The van der Waals surface area contributed by atoms with Gasteiger partial charge in [-0.3, -0.25) is 4.79 Å². The summed E-state index contributed by atoms with van der Waals surface area (Å²) < 4.78 is 38.2. The van der Waals surface area contributed by atoms with E-state index in [1.807, 2.05) is 42.5 Å². The molecule has 0 atom stereocenters. The molecule has 2 heterocycles. The Morgan fingerprint density at radius 1 is 0.912 bits per heavy atom. The topological polar surface area (TPSA) is 88.9 Å². The summed E-state index contributed by atoms with van der Waals surface area (Å²) >= 11 is 0. The van der Waals surface area contributed by atoms with Crippen LogP contribution in [0.3, 0.4) is 0 Å². The Balaban J connectivity index is 1.20. The molecule has 8 heteroatoms. The van der Waals surface area contributed by atoms with Crippen molar-refractivity contribution in [3.8, 4) is 5.75 Å². The van der Waals surface area contributed by atoms with Gasteiger partial charge >= 0.3 is 0 Å². The number of carbonyl (C=O) groups is 1. The van der Waals surface area contributed by atoms with Gasteiger partial charge in [-0.15, -0.1) is 0 Å². The predicted molar refractivity (Wildman–Crippen MR) is 129 cm³/mol. The fraction of sp³-hybridized carbons (Fsp3) is 0.192. The van der Waals surface area contributed by atoms with Gasteiger partial charge in [-0.05, 0) is 72.1 Å². The molecule has 1 aliphatic rings. The molecule has 1 saturated heterocycles. The summed E-state index contributed by atoms with van der Waals surface area (Å²) in [5.41, 5.74) is 0.482. The zero-order valence-corrected chi connectivity index (χ0v) is 19.3. The van der Waals surface area contributed by atoms with Crippen molar-refractivity contribution in [1.29, 1.82) is 0 Å². The Morgan fingerprint density at radius 2 is 1.65 bits per heavy atom. The Morgan fingerprint density at radius 3 is 2.41 bits per heavy atom. The number of fused-ring (bicyclic) bond motifs is 1. The molecular weight excluding hydrogens is 452 g/mol. The molecular formula is C26H24N2O5S. The van der Waals surface area contributed by atoms with Crippen molar-refractivity contribution in [3.05, 3.63) is 90.4 Å². The smallest absolute Gasteiger partial charge is 0.291 e. The maximum absolute atomic E-state index is 12.6. The van der Waals surface area contributed by atoms with Gasteiger partial charge in [0.1, 0.15) is 18.1 Å². The number of sulfonamides is 1. The molecule has 174 valence electrons. The van der Waals surface area contributed by atoms with Crippen LogP contribution in [0.25, 0.3) is 10.8 Å². The zero-order valence-electron chi connectivity index (χ0n) is 18.4. The molecule has 5 rings (SSSR count). The van der Waals surface area contributed by atoms with E-state index in [0.717, 1.165) is 23.6 Å². The second-order valence-electron chi connectivity index (χ2n) is 8.15. The maximum atomic E-state index is 12.6. The number of hydrogen-bond donors (Lipinski definition) is 1. The summed E-state index contributed by atoms with van der Waals surface area (Å²) in [4.78, 5) is 12.8. The first-order valence-corrected chi connectivity index (χ1v) is 12.5. The monoisotopic (exact) mass is 476 g/mol. The Hall–Kier alpha value is -3.62. The second-order valence-corrected chi connectivity index (χ2v) is 10.1. The first-order chi connectivity index (χ1) is 16.5. The maximum Gasteiger partial charge on any atom is 0.291 e. The minimum Gasteiger partial charge on any atom is -0.486 e. The molecule has 0 unspecified atom stereocenters. The molecule has 1 amide bonds. The summed E-state index contributed by atoms with van der Waals surface area (Å²) in [6.45, 7) is 1.28. The van der Waals surface area contributed by atoms with Crippen molar-refractivity contribution in [1.82, 2.24) is 4.31 Å². The summed E-state index contributed by atoms with van der Waals surface area (Å²) in [6, 6.07) is 23.3. The fourth-order valence-corrected chi connectivity index (χ4v) is 5.49. The largest absolute Gasteiger partial charge is 0.486 e. The van der Waals surface area contributed by atoms with E-state index >= 15 is 0 Å². The average molecular weight is 477 g/mol. The first kappa shape index (κ1) is 22.2. The summed E-state index contributed by atoms with van der Waals surface area (Å²) in [5.74, 6) is 0.952. The minimum atomic E-state index is -3.49. The van der Waals surface area contributed by atoms with Crippen molar-refractivity contribution in [2.75, 3.05) is 18.4 Å². The number of nitrogens with one attached hydrogen (secondary N) is 1. The van der Waals surface area contributed by atoms with Crippen molar-refractivity contribution < 1.29 is 22.4 Å². The van der Waals surface area contributed by atoms with Crippen LogP contribution in [0.1, 0.15) is 29.2 Å². The predicted octanol–water partition coefficient (Wildman–Crippen LogP) is 5.05. The van der Waals surface area contributed by atoms with Crippen LogP contribution in [0.15, 0.2) is 88.2 Å². The van der Waals surface area contributed by atoms with E-state index in [1.165, 1.54) is 16.4 Å². The molecule has 1 fully saturated rings. The summed E-state index contributed by atoms with van der Waals surface area (Å²) in [6.07, 6.45) is 1.76. The number of rotatable bonds is 7. The number of amides is 1. The van der Waals surface area contributed by atoms with Gasteiger partial charge in [0.2, 0.25) is 10.0 Å². The van der Waals surface area contributed by atoms with E-state index in [4.69, 9.17) is 9.15 Å². The van der Waals surface area contributed by atoms with E-state index < -0.39 is 15.9 Å². The van der Waals surface area contributed by atoms with E-state index in [9.17, 15) is 13.2 Å². The van der Waals surface area contributed by atoms with Crippen LogP contribution in [-0.2, 0) is 16.6 Å². The Labute approximate surface area is 198 Å². The zero-order chi connectivity index (χ0) is 23.5. The van der Waals surface area contributed by atoms with E-state index in [-0.39, 0.29) is 17.3 Å². The van der Waals surface area contributed by atoms with Crippen LogP contribution in [0, 0.1) is 0 Å². The number of carbonyl (C=O) groups excluding carboxylic acids is 1. The molecule has 0 spiro atoms. The second kappa shape index (κ2) is 9.32. The lowest BCUT2D eigenvalue weighted by molar-refractivity contribution is 0.0992. The van der Waals surface area contributed by atoms with Gasteiger partial charge in [0.05, 0.1) is 4.90 Å².